The predicted octanol–water partition coefficient (Wildman–Crippen LogP) is 2.55. The first kappa shape index (κ1) is 29.6. The van der Waals surface area contributed by atoms with Crippen LogP contribution in [0.2, 0.25) is 0 Å². The van der Waals surface area contributed by atoms with Crippen LogP contribution < -0.4 is 4.90 Å². The smallest absolute Gasteiger partial charge is 0.394 e. The molecule has 0 spiro atoms. The van der Waals surface area contributed by atoms with E-state index in [0.29, 0.717) is 25.1 Å². The fourth-order valence-corrected chi connectivity index (χ4v) is 6.74. The predicted molar refractivity (Wildman–Crippen MR) is 145 cm³/mol. The molecule has 12 heteroatoms. The van der Waals surface area contributed by atoms with Crippen LogP contribution in [-0.4, -0.2) is 113 Å². The molecule has 3 aliphatic rings. The molecule has 220 valence electrons. The third kappa shape index (κ3) is 6.76. The molecule has 5 atom stereocenters. The number of rotatable bonds is 8. The Labute approximate surface area is 235 Å². The summed E-state index contributed by atoms with van der Waals surface area (Å²) in [5.41, 5.74) is 0.528. The van der Waals surface area contributed by atoms with Crippen LogP contribution in [0.3, 0.4) is 0 Å². The summed E-state index contributed by atoms with van der Waals surface area (Å²) in [5.74, 6) is 0. The van der Waals surface area contributed by atoms with Gasteiger partial charge in [-0.05, 0) is 36.8 Å². The molecule has 0 radical (unpaired) electrons. The van der Waals surface area contributed by atoms with Gasteiger partial charge < -0.3 is 35.0 Å². The van der Waals surface area contributed by atoms with E-state index in [0.717, 1.165) is 54.3 Å². The lowest BCUT2D eigenvalue weighted by Crippen LogP contribution is -2.52. The van der Waals surface area contributed by atoms with E-state index in [1.165, 1.54) is 23.9 Å². The van der Waals surface area contributed by atoms with Crippen molar-refractivity contribution in [3.8, 4) is 0 Å². The van der Waals surface area contributed by atoms with E-state index in [4.69, 9.17) is 4.74 Å². The number of anilines is 2. The lowest BCUT2D eigenvalue weighted by atomic mass is 9.96. The van der Waals surface area contributed by atoms with Crippen molar-refractivity contribution in [3.63, 3.8) is 0 Å². The van der Waals surface area contributed by atoms with E-state index in [-0.39, 0.29) is 19.3 Å². The number of hydrogen-bond donors (Lipinski definition) is 4. The van der Waals surface area contributed by atoms with Crippen molar-refractivity contribution < 1.29 is 38.3 Å². The van der Waals surface area contributed by atoms with Gasteiger partial charge >= 0.3 is 6.18 Å². The summed E-state index contributed by atoms with van der Waals surface area (Å²) in [6.45, 7) is 4.04. The molecule has 2 aromatic carbocycles. The highest BCUT2D eigenvalue weighted by atomic mass is 32.2. The second-order valence-corrected chi connectivity index (χ2v) is 11.8. The standard InChI is InChI=1S/C28H36F3N3O5S/c29-28(30,31)18-5-6-26-22(13-18)34(21-3-1-2-4-25(21)40-26)16-19(36)15-33-11-9-32(10-12-33)8-7-20-14-23(37)27(38)24(17-35)39-20/h1-6,13,19-20,23-24,27,35-38H,7-12,14-17H2/t19?,20-,23?,24?,27+/m1/s1. The molecular formula is C28H36F3N3O5S. The zero-order chi connectivity index (χ0) is 28.4. The summed E-state index contributed by atoms with van der Waals surface area (Å²) in [5, 5.41) is 40.4. The molecule has 4 N–H and O–H groups in total. The molecular weight excluding hydrogens is 547 g/mol. The third-order valence-corrected chi connectivity index (χ3v) is 9.00. The van der Waals surface area contributed by atoms with Gasteiger partial charge in [0.25, 0.3) is 0 Å². The summed E-state index contributed by atoms with van der Waals surface area (Å²) in [6.07, 6.45) is -7.22. The van der Waals surface area contributed by atoms with Gasteiger partial charge in [-0.3, -0.25) is 4.90 Å². The van der Waals surface area contributed by atoms with E-state index in [2.05, 4.69) is 9.80 Å². The Morgan fingerprint density at radius 1 is 0.950 bits per heavy atom. The summed E-state index contributed by atoms with van der Waals surface area (Å²) in [7, 11) is 0. The fraction of sp³-hybridized carbons (Fsp3) is 0.571. The van der Waals surface area contributed by atoms with E-state index in [1.807, 2.05) is 24.3 Å². The summed E-state index contributed by atoms with van der Waals surface area (Å²) in [6, 6.07) is 11.3. The lowest BCUT2D eigenvalue weighted by molar-refractivity contribution is -0.181. The highest BCUT2D eigenvalue weighted by Crippen LogP contribution is 2.49. The molecule has 0 amide bonds. The molecule has 0 saturated carbocycles. The van der Waals surface area contributed by atoms with Crippen molar-refractivity contribution in [2.24, 2.45) is 0 Å². The number of ether oxygens (including phenoxy) is 1. The van der Waals surface area contributed by atoms with Crippen LogP contribution in [0.4, 0.5) is 24.5 Å². The topological polar surface area (TPSA) is 99.9 Å². The summed E-state index contributed by atoms with van der Waals surface area (Å²) in [4.78, 5) is 7.90. The highest BCUT2D eigenvalue weighted by Gasteiger charge is 2.37. The quantitative estimate of drug-likeness (QED) is 0.374. The Balaban J connectivity index is 1.15. The van der Waals surface area contributed by atoms with E-state index >= 15 is 0 Å². The highest BCUT2D eigenvalue weighted by molar-refractivity contribution is 7.99. The minimum absolute atomic E-state index is 0.172. The van der Waals surface area contributed by atoms with Crippen LogP contribution in [0.15, 0.2) is 52.3 Å². The number of β-amino-alcohol motifs (C(OH)–C–C–N with tert-alkyl or cyclic N) is 1. The Bertz CT molecular complexity index is 1150. The molecule has 3 unspecified atom stereocenters. The summed E-state index contributed by atoms with van der Waals surface area (Å²) >= 11 is 1.43. The van der Waals surface area contributed by atoms with Gasteiger partial charge in [-0.2, -0.15) is 13.2 Å². The van der Waals surface area contributed by atoms with Gasteiger partial charge in [-0.25, -0.2) is 0 Å². The number of aliphatic hydroxyl groups is 4. The maximum absolute atomic E-state index is 13.5. The molecule has 8 nitrogen and oxygen atoms in total. The minimum atomic E-state index is -4.45. The van der Waals surface area contributed by atoms with Crippen molar-refractivity contribution in [1.82, 2.24) is 9.80 Å². The van der Waals surface area contributed by atoms with Crippen LogP contribution in [0, 0.1) is 0 Å². The van der Waals surface area contributed by atoms with Crippen LogP contribution in [0.25, 0.3) is 0 Å². The van der Waals surface area contributed by atoms with E-state index in [1.54, 1.807) is 4.90 Å². The van der Waals surface area contributed by atoms with Gasteiger partial charge in [0.05, 0.1) is 48.4 Å². The first-order chi connectivity index (χ1) is 19.1. The number of piperazine rings is 1. The number of nitrogens with zero attached hydrogens (tertiary/aromatic N) is 3. The van der Waals surface area contributed by atoms with Crippen LogP contribution in [-0.2, 0) is 10.9 Å². The van der Waals surface area contributed by atoms with Crippen molar-refractivity contribution in [3.05, 3.63) is 48.0 Å². The second kappa shape index (κ2) is 12.5. The van der Waals surface area contributed by atoms with E-state index in [9.17, 15) is 33.6 Å². The molecule has 3 heterocycles. The second-order valence-electron chi connectivity index (χ2n) is 10.7. The van der Waals surface area contributed by atoms with Crippen molar-refractivity contribution in [1.29, 1.82) is 0 Å². The molecule has 2 aromatic rings. The Kier molecular flexibility index (Phi) is 9.27. The first-order valence-corrected chi connectivity index (χ1v) is 14.4. The zero-order valence-corrected chi connectivity index (χ0v) is 22.9. The number of alkyl halides is 3. The lowest BCUT2D eigenvalue weighted by Gasteiger charge is -2.39. The Morgan fingerprint density at radius 2 is 1.65 bits per heavy atom. The van der Waals surface area contributed by atoms with Gasteiger partial charge in [0.15, 0.2) is 0 Å². The van der Waals surface area contributed by atoms with Gasteiger partial charge in [0, 0.05) is 55.5 Å². The molecule has 0 aromatic heterocycles. The molecule has 0 aliphatic carbocycles. The number of para-hydroxylation sites is 1. The normalized spacial score (nSPS) is 26.8. The maximum Gasteiger partial charge on any atom is 0.416 e. The SMILES string of the molecule is OCC1O[C@H](CCN2CCN(CC(O)CN3c4ccccc4Sc4ccc(C(F)(F)F)cc43)CC2)CC(O)[C@@H]1O. The fourth-order valence-electron chi connectivity index (χ4n) is 5.67. The molecule has 5 rings (SSSR count). The van der Waals surface area contributed by atoms with Crippen molar-refractivity contribution >= 4 is 23.1 Å². The maximum atomic E-state index is 13.5. The van der Waals surface area contributed by atoms with Gasteiger partial charge in [0.1, 0.15) is 12.2 Å². The average molecular weight is 584 g/mol. The van der Waals surface area contributed by atoms with Gasteiger partial charge in [-0.15, -0.1) is 0 Å². The molecule has 3 aliphatic heterocycles. The number of hydrogen-bond acceptors (Lipinski definition) is 9. The van der Waals surface area contributed by atoms with Crippen LogP contribution in [0.5, 0.6) is 0 Å². The average Bonchev–Trinajstić information content (AvgIpc) is 2.93. The molecule has 2 fully saturated rings. The third-order valence-electron chi connectivity index (χ3n) is 7.87. The number of fused-ring (bicyclic) bond motifs is 2. The Hall–Kier alpha value is -1.90. The van der Waals surface area contributed by atoms with Gasteiger partial charge in [-0.1, -0.05) is 23.9 Å². The Morgan fingerprint density at radius 3 is 2.38 bits per heavy atom. The molecule has 40 heavy (non-hydrogen) atoms. The van der Waals surface area contributed by atoms with Crippen molar-refractivity contribution in [2.75, 3.05) is 57.3 Å². The summed E-state index contributed by atoms with van der Waals surface area (Å²) < 4.78 is 46.2. The van der Waals surface area contributed by atoms with Crippen LogP contribution in [0.1, 0.15) is 18.4 Å². The monoisotopic (exact) mass is 583 g/mol. The zero-order valence-electron chi connectivity index (χ0n) is 22.1. The van der Waals surface area contributed by atoms with Crippen LogP contribution >= 0.6 is 11.8 Å². The minimum Gasteiger partial charge on any atom is -0.394 e. The van der Waals surface area contributed by atoms with E-state index < -0.39 is 36.2 Å². The van der Waals surface area contributed by atoms with Gasteiger partial charge in [0.2, 0.25) is 0 Å². The first-order valence-electron chi connectivity index (χ1n) is 13.6. The molecule has 2 saturated heterocycles. The van der Waals surface area contributed by atoms with Crippen molar-refractivity contribution in [2.45, 2.75) is 59.3 Å². The number of aliphatic hydroxyl groups excluding tert-OH is 4. The molecule has 0 bridgehead atoms. The number of halogens is 3. The largest absolute Gasteiger partial charge is 0.416 e. The number of benzene rings is 2.